The van der Waals surface area contributed by atoms with Crippen molar-refractivity contribution in [2.75, 3.05) is 13.7 Å². The number of fused-ring (bicyclic) bond motifs is 1. The SMILES string of the molecule is COCCn1c(C(C)Cl)nc2c(F)cccc21. The molecule has 0 bridgehead atoms. The Morgan fingerprint density at radius 3 is 2.94 bits per heavy atom. The molecule has 2 aromatic rings. The molecule has 1 unspecified atom stereocenters. The van der Waals surface area contributed by atoms with Crippen molar-refractivity contribution in [3.05, 3.63) is 29.8 Å². The minimum absolute atomic E-state index is 0.265. The number of alkyl halides is 1. The summed E-state index contributed by atoms with van der Waals surface area (Å²) in [5.41, 5.74) is 1.12. The molecule has 17 heavy (non-hydrogen) atoms. The number of methoxy groups -OCH3 is 1. The first-order valence-corrected chi connectivity index (χ1v) is 5.86. The van der Waals surface area contributed by atoms with Crippen LogP contribution in [0.3, 0.4) is 0 Å². The maximum Gasteiger partial charge on any atom is 0.151 e. The van der Waals surface area contributed by atoms with Crippen LogP contribution in [0.5, 0.6) is 0 Å². The van der Waals surface area contributed by atoms with Gasteiger partial charge in [0.15, 0.2) is 5.82 Å². The van der Waals surface area contributed by atoms with Gasteiger partial charge in [-0.15, -0.1) is 11.6 Å². The summed E-state index contributed by atoms with van der Waals surface area (Å²) in [5, 5.41) is -0.265. The molecule has 0 aliphatic heterocycles. The summed E-state index contributed by atoms with van der Waals surface area (Å²) >= 11 is 6.06. The van der Waals surface area contributed by atoms with Crippen LogP contribution in [0.1, 0.15) is 18.1 Å². The summed E-state index contributed by atoms with van der Waals surface area (Å²) in [6, 6.07) is 4.91. The van der Waals surface area contributed by atoms with Crippen molar-refractivity contribution < 1.29 is 9.13 Å². The predicted octanol–water partition coefficient (Wildman–Crippen LogP) is 3.12. The molecule has 92 valence electrons. The lowest BCUT2D eigenvalue weighted by atomic mass is 10.3. The van der Waals surface area contributed by atoms with Gasteiger partial charge < -0.3 is 9.30 Å². The largest absolute Gasteiger partial charge is 0.383 e. The van der Waals surface area contributed by atoms with E-state index in [4.69, 9.17) is 16.3 Å². The molecule has 1 aromatic carbocycles. The van der Waals surface area contributed by atoms with Gasteiger partial charge in [0, 0.05) is 13.7 Å². The van der Waals surface area contributed by atoms with E-state index in [1.165, 1.54) is 6.07 Å². The van der Waals surface area contributed by atoms with Gasteiger partial charge in [-0.1, -0.05) is 6.07 Å². The maximum atomic E-state index is 13.6. The van der Waals surface area contributed by atoms with Crippen molar-refractivity contribution in [2.45, 2.75) is 18.8 Å². The van der Waals surface area contributed by atoms with Crippen molar-refractivity contribution in [3.8, 4) is 0 Å². The number of hydrogen-bond donors (Lipinski definition) is 0. The Balaban J connectivity index is 2.59. The molecule has 0 N–H and O–H groups in total. The van der Waals surface area contributed by atoms with Crippen LogP contribution in [0.2, 0.25) is 0 Å². The highest BCUT2D eigenvalue weighted by Crippen LogP contribution is 2.25. The number of para-hydroxylation sites is 1. The quantitative estimate of drug-likeness (QED) is 0.786. The lowest BCUT2D eigenvalue weighted by molar-refractivity contribution is 0.187. The lowest BCUT2D eigenvalue weighted by Gasteiger charge is -2.09. The molecule has 0 saturated carbocycles. The first kappa shape index (κ1) is 12.3. The van der Waals surface area contributed by atoms with Crippen LogP contribution in [0.15, 0.2) is 18.2 Å². The van der Waals surface area contributed by atoms with Crippen LogP contribution < -0.4 is 0 Å². The van der Waals surface area contributed by atoms with Gasteiger partial charge in [-0.3, -0.25) is 0 Å². The molecule has 0 saturated heterocycles. The van der Waals surface area contributed by atoms with E-state index in [2.05, 4.69) is 4.98 Å². The number of nitrogens with zero attached hydrogens (tertiary/aromatic N) is 2. The molecule has 0 aliphatic rings. The van der Waals surface area contributed by atoms with E-state index in [0.29, 0.717) is 24.5 Å². The van der Waals surface area contributed by atoms with Gasteiger partial charge in [-0.25, -0.2) is 9.37 Å². The normalized spacial score (nSPS) is 13.2. The van der Waals surface area contributed by atoms with Crippen LogP contribution in [-0.2, 0) is 11.3 Å². The van der Waals surface area contributed by atoms with Gasteiger partial charge in [0.25, 0.3) is 0 Å². The van der Waals surface area contributed by atoms with Crippen molar-refractivity contribution in [2.24, 2.45) is 0 Å². The zero-order valence-electron chi connectivity index (χ0n) is 9.78. The van der Waals surface area contributed by atoms with E-state index in [-0.39, 0.29) is 11.2 Å². The van der Waals surface area contributed by atoms with E-state index in [1.54, 1.807) is 13.2 Å². The van der Waals surface area contributed by atoms with Gasteiger partial charge in [0.05, 0.1) is 17.5 Å². The van der Waals surface area contributed by atoms with Crippen LogP contribution in [0, 0.1) is 5.82 Å². The zero-order valence-corrected chi connectivity index (χ0v) is 10.5. The van der Waals surface area contributed by atoms with Gasteiger partial charge >= 0.3 is 0 Å². The minimum Gasteiger partial charge on any atom is -0.383 e. The summed E-state index contributed by atoms with van der Waals surface area (Å²) in [7, 11) is 1.63. The van der Waals surface area contributed by atoms with Crippen LogP contribution in [-0.4, -0.2) is 23.3 Å². The standard InChI is InChI=1S/C12H14ClFN2O/c1-8(13)12-15-11-9(14)4-3-5-10(11)16(12)6-7-17-2/h3-5,8H,6-7H2,1-2H3. The Hall–Kier alpha value is -1.13. The Morgan fingerprint density at radius 1 is 1.53 bits per heavy atom. The Kier molecular flexibility index (Phi) is 3.64. The van der Waals surface area contributed by atoms with E-state index < -0.39 is 0 Å². The molecule has 3 nitrogen and oxygen atoms in total. The Labute approximate surface area is 104 Å². The minimum atomic E-state index is -0.322. The van der Waals surface area contributed by atoms with Gasteiger partial charge in [0.1, 0.15) is 11.3 Å². The fourth-order valence-corrected chi connectivity index (χ4v) is 2.02. The summed E-state index contributed by atoms with van der Waals surface area (Å²) in [6.07, 6.45) is 0. The van der Waals surface area contributed by atoms with E-state index >= 15 is 0 Å². The highest BCUT2D eigenvalue weighted by atomic mass is 35.5. The monoisotopic (exact) mass is 256 g/mol. The average molecular weight is 257 g/mol. The number of imidazole rings is 1. The fraction of sp³-hybridized carbons (Fsp3) is 0.417. The molecule has 5 heteroatoms. The second-order valence-electron chi connectivity index (χ2n) is 3.84. The molecule has 0 amide bonds. The van der Waals surface area contributed by atoms with E-state index in [1.807, 2.05) is 17.6 Å². The van der Waals surface area contributed by atoms with Crippen molar-refractivity contribution in [1.82, 2.24) is 9.55 Å². The third kappa shape index (κ3) is 2.28. The molecule has 2 rings (SSSR count). The summed E-state index contributed by atoms with van der Waals surface area (Å²) in [6.45, 7) is 2.98. The van der Waals surface area contributed by atoms with Gasteiger partial charge in [-0.2, -0.15) is 0 Å². The maximum absolute atomic E-state index is 13.6. The molecule has 0 aliphatic carbocycles. The summed E-state index contributed by atoms with van der Waals surface area (Å²) in [4.78, 5) is 4.27. The average Bonchev–Trinajstić information content (AvgIpc) is 2.67. The van der Waals surface area contributed by atoms with E-state index in [0.717, 1.165) is 5.52 Å². The molecule has 1 atom stereocenters. The lowest BCUT2D eigenvalue weighted by Crippen LogP contribution is -2.08. The summed E-state index contributed by atoms with van der Waals surface area (Å²) < 4.78 is 20.6. The topological polar surface area (TPSA) is 27.1 Å². The van der Waals surface area contributed by atoms with Gasteiger partial charge in [0.2, 0.25) is 0 Å². The Morgan fingerprint density at radius 2 is 2.29 bits per heavy atom. The molecular weight excluding hydrogens is 243 g/mol. The fourth-order valence-electron chi connectivity index (χ4n) is 1.85. The first-order valence-electron chi connectivity index (χ1n) is 5.42. The van der Waals surface area contributed by atoms with Crippen molar-refractivity contribution in [1.29, 1.82) is 0 Å². The number of halogens is 2. The smallest absolute Gasteiger partial charge is 0.151 e. The Bertz CT molecular complexity index is 524. The highest BCUT2D eigenvalue weighted by Gasteiger charge is 2.16. The predicted molar refractivity (Wildman–Crippen MR) is 65.8 cm³/mol. The van der Waals surface area contributed by atoms with Crippen LogP contribution in [0.4, 0.5) is 4.39 Å². The molecule has 1 aromatic heterocycles. The molecular formula is C12H14ClFN2O. The van der Waals surface area contributed by atoms with Crippen molar-refractivity contribution >= 4 is 22.6 Å². The number of ether oxygens (including phenoxy) is 1. The second-order valence-corrected chi connectivity index (χ2v) is 4.49. The number of benzene rings is 1. The third-order valence-corrected chi connectivity index (χ3v) is 2.83. The van der Waals surface area contributed by atoms with E-state index in [9.17, 15) is 4.39 Å². The van der Waals surface area contributed by atoms with Crippen molar-refractivity contribution in [3.63, 3.8) is 0 Å². The molecule has 1 heterocycles. The summed E-state index contributed by atoms with van der Waals surface area (Å²) in [5.74, 6) is 0.348. The molecule has 0 fully saturated rings. The van der Waals surface area contributed by atoms with Crippen LogP contribution in [0.25, 0.3) is 11.0 Å². The molecule has 0 radical (unpaired) electrons. The first-order chi connectivity index (χ1) is 8.15. The number of hydrogen-bond acceptors (Lipinski definition) is 2. The molecule has 0 spiro atoms. The highest BCUT2D eigenvalue weighted by molar-refractivity contribution is 6.20. The number of rotatable bonds is 4. The van der Waals surface area contributed by atoms with Gasteiger partial charge in [-0.05, 0) is 19.1 Å². The third-order valence-electron chi connectivity index (χ3n) is 2.63. The van der Waals surface area contributed by atoms with Crippen LogP contribution >= 0.6 is 11.6 Å². The number of aromatic nitrogens is 2. The zero-order chi connectivity index (χ0) is 12.4. The second kappa shape index (κ2) is 5.02.